The summed E-state index contributed by atoms with van der Waals surface area (Å²) in [4.78, 5) is 47.7. The number of ketones is 1. The van der Waals surface area contributed by atoms with E-state index in [4.69, 9.17) is 16.2 Å². The number of aromatic amines is 1. The largest absolute Gasteiger partial charge is 0.488 e. The Morgan fingerprint density at radius 2 is 1.07 bits per heavy atom. The number of aromatic nitrogens is 12. The number of Topliss-reactive ketones (excluding diaryl/α,β-unsaturated/α-hetero) is 1. The summed E-state index contributed by atoms with van der Waals surface area (Å²) in [7, 11) is 0. The Bertz CT molecular complexity index is 4930. The monoisotopic (exact) mass is 1500 g/mol. The number of pyridine rings is 4. The lowest BCUT2D eigenvalue weighted by molar-refractivity contribution is -0.118. The van der Waals surface area contributed by atoms with Crippen molar-refractivity contribution in [2.24, 2.45) is 0 Å². The van der Waals surface area contributed by atoms with Crippen molar-refractivity contribution in [3.8, 4) is 5.75 Å². The molecule has 0 amide bonds. The molecule has 6 N–H and O–H groups in total. The van der Waals surface area contributed by atoms with Gasteiger partial charge in [-0.3, -0.25) is 19.2 Å². The summed E-state index contributed by atoms with van der Waals surface area (Å²) in [6.07, 6.45) is 30.6. The van der Waals surface area contributed by atoms with Crippen LogP contribution in [0.15, 0.2) is 177 Å². The van der Waals surface area contributed by atoms with Gasteiger partial charge in [-0.15, -0.1) is 22.7 Å². The summed E-state index contributed by atoms with van der Waals surface area (Å²) in [6, 6.07) is 24.9. The molecule has 1 aliphatic carbocycles. The lowest BCUT2D eigenvalue weighted by atomic mass is 9.78. The number of H-pyrrole nitrogens is 1. The predicted octanol–water partition coefficient (Wildman–Crippen LogP) is 21.7. The van der Waals surface area contributed by atoms with Gasteiger partial charge in [-0.05, 0) is 149 Å². The molecule has 0 radical (unpaired) electrons. The lowest BCUT2D eigenvalue weighted by Crippen LogP contribution is -2.23. The van der Waals surface area contributed by atoms with E-state index in [0.29, 0.717) is 23.8 Å². The van der Waals surface area contributed by atoms with Gasteiger partial charge in [0, 0.05) is 126 Å². The predicted molar refractivity (Wildman–Crippen MR) is 459 cm³/mol. The van der Waals surface area contributed by atoms with E-state index < -0.39 is 0 Å². The zero-order valence-electron chi connectivity index (χ0n) is 69.0. The van der Waals surface area contributed by atoms with Crippen LogP contribution >= 0.6 is 22.7 Å². The quantitative estimate of drug-likeness (QED) is 0.111. The number of hydrogen-bond acceptors (Lipinski definition) is 15. The zero-order chi connectivity index (χ0) is 79.8. The average Bonchev–Trinajstić information content (AvgIpc) is 1.01. The van der Waals surface area contributed by atoms with Crippen molar-refractivity contribution in [3.63, 3.8) is 0 Å². The molecule has 1 aromatic carbocycles. The molecule has 2 aliphatic rings. The molecule has 17 nitrogen and oxygen atoms in total. The van der Waals surface area contributed by atoms with E-state index in [0.717, 1.165) is 59.1 Å². The second kappa shape index (κ2) is 33.6. The van der Waals surface area contributed by atoms with Gasteiger partial charge in [0.1, 0.15) is 24.0 Å². The molecule has 1 aliphatic heterocycles. The van der Waals surface area contributed by atoms with Crippen molar-refractivity contribution in [3.05, 3.63) is 233 Å². The molecule has 109 heavy (non-hydrogen) atoms. The minimum absolute atomic E-state index is 0.103. The highest BCUT2D eigenvalue weighted by Crippen LogP contribution is 2.40. The number of benzene rings is 1. The first kappa shape index (κ1) is 83.2. The summed E-state index contributed by atoms with van der Waals surface area (Å²) < 4.78 is 14.2. The first-order chi connectivity index (χ1) is 50.9. The number of hydrogen-bond donors (Lipinski definition) is 4. The fraction of sp³-hybridized carbons (Fsp3) is 0.411. The number of carbonyl (C=O) groups excluding carboxylic acids is 1. The number of nitrogens with one attached hydrogen (secondary N) is 2. The van der Waals surface area contributed by atoms with Crippen molar-refractivity contribution in [2.45, 2.75) is 229 Å². The molecule has 14 aromatic rings. The Morgan fingerprint density at radius 1 is 0.459 bits per heavy atom. The number of carbonyl (C=O) groups is 1. The molecule has 0 atom stereocenters. The van der Waals surface area contributed by atoms with E-state index in [1.54, 1.807) is 41.3 Å². The van der Waals surface area contributed by atoms with E-state index in [1.807, 2.05) is 90.8 Å². The van der Waals surface area contributed by atoms with Gasteiger partial charge in [-0.1, -0.05) is 184 Å². The van der Waals surface area contributed by atoms with Gasteiger partial charge in [0.05, 0.1) is 51.2 Å². The Balaban J connectivity index is 0.000000144. The highest BCUT2D eigenvalue weighted by atomic mass is 32.1. The number of nitrogens with two attached hydrogens (primary N) is 2. The minimum Gasteiger partial charge on any atom is -0.488 e. The molecule has 0 fully saturated rings. The maximum absolute atomic E-state index is 11.4. The molecule has 0 saturated carbocycles. The molecule has 13 aromatic heterocycles. The van der Waals surface area contributed by atoms with Gasteiger partial charge < -0.3 is 35.3 Å². The van der Waals surface area contributed by atoms with Crippen molar-refractivity contribution in [1.29, 1.82) is 0 Å². The molecule has 19 heteroatoms. The standard InChI is InChI=1S/C14H18O.C11H15N3.C11H16N2O.C11H14N2S.2C11H14N2.C11H13NS.C10H13N3/c1-14(2,3)13-6-4-5-10-9-11(15)7-8-12(10)13;1-11(2,3)9-5-4-8-10(12)13-6-7-14(8)9;1-11(2,3)8-4-5-12-10-9(8)14-7-6-13-10;1-11(2,3)8-6-14-9-7(8)4-5-13-10(9)12;1-11(2,3)9-5-7-13-8-12-6-4-10(9)13;1-11(2,3)9-6-13-10-7-12-5-4-8(9)10;1-11(2,3)9-7-13-10-6-12-5-4-8(9)10;1-10(2,3)8-7-12-9-11-5-4-6-13(8)9/h4-6H,7-9H2,1-3H3;4-7H,1-3H3,(H2,12,13);4-5H,6-7H2,1-3H3,(H,12,13);4-6H,1-3H3,(H2,12,13);4-8H,1-3H3;4-7,13H,1-3H3;2*4-7H,1-3H3. The van der Waals surface area contributed by atoms with Crippen LogP contribution in [0, 0.1) is 0 Å². The van der Waals surface area contributed by atoms with Crippen LogP contribution in [0.1, 0.15) is 228 Å². The van der Waals surface area contributed by atoms with Crippen molar-refractivity contribution in [1.82, 2.24) is 58.1 Å². The fourth-order valence-corrected chi connectivity index (χ4v) is 15.6. The van der Waals surface area contributed by atoms with Crippen LogP contribution in [0.4, 0.5) is 17.5 Å². The van der Waals surface area contributed by atoms with Gasteiger partial charge in [-0.25, -0.2) is 29.9 Å². The second-order valence-corrected chi connectivity index (χ2v) is 37.9. The topological polar surface area (TPSA) is 223 Å². The molecule has 0 bridgehead atoms. The normalized spacial score (nSPS) is 13.2. The summed E-state index contributed by atoms with van der Waals surface area (Å²) in [5.74, 6) is 4.18. The highest BCUT2D eigenvalue weighted by molar-refractivity contribution is 7.18. The van der Waals surface area contributed by atoms with E-state index in [1.165, 1.54) is 82.3 Å². The molecule has 0 unspecified atom stereocenters. The maximum Gasteiger partial charge on any atom is 0.233 e. The number of thiophene rings is 2. The van der Waals surface area contributed by atoms with E-state index in [9.17, 15) is 4.79 Å². The number of nitrogen functional groups attached to an aromatic ring is 2. The number of nitrogens with zero attached hydrogens (tertiary/aromatic N) is 11. The zero-order valence-corrected chi connectivity index (χ0v) is 70.6. The van der Waals surface area contributed by atoms with E-state index >= 15 is 0 Å². The van der Waals surface area contributed by atoms with E-state index in [-0.39, 0.29) is 43.3 Å². The lowest BCUT2D eigenvalue weighted by Gasteiger charge is -2.27. The summed E-state index contributed by atoms with van der Waals surface area (Å²) in [5.41, 5.74) is 29.5. The maximum atomic E-state index is 11.4. The summed E-state index contributed by atoms with van der Waals surface area (Å²) in [5, 5.41) is 11.5. The van der Waals surface area contributed by atoms with Gasteiger partial charge in [0.25, 0.3) is 0 Å². The van der Waals surface area contributed by atoms with Gasteiger partial charge in [0.2, 0.25) is 5.78 Å². The van der Waals surface area contributed by atoms with Gasteiger partial charge in [-0.2, -0.15) is 0 Å². The van der Waals surface area contributed by atoms with Crippen molar-refractivity contribution in [2.75, 3.05) is 29.9 Å². The number of fused-ring (bicyclic) bond motifs is 8. The molecule has 576 valence electrons. The number of anilines is 3. The molecular weight excluding hydrogens is 1390 g/mol. The fourth-order valence-electron chi connectivity index (χ4n) is 13.3. The highest BCUT2D eigenvalue weighted by Gasteiger charge is 2.28. The summed E-state index contributed by atoms with van der Waals surface area (Å²) >= 11 is 3.46. The van der Waals surface area contributed by atoms with Gasteiger partial charge in [0.15, 0.2) is 11.6 Å². The number of ether oxygens (including phenoxy) is 1. The summed E-state index contributed by atoms with van der Waals surface area (Å²) in [6.45, 7) is 54.6. The van der Waals surface area contributed by atoms with Crippen molar-refractivity contribution < 1.29 is 9.53 Å². The van der Waals surface area contributed by atoms with Crippen LogP contribution in [-0.2, 0) is 61.0 Å². The Hall–Kier alpha value is -9.85. The van der Waals surface area contributed by atoms with Crippen LogP contribution in [0.5, 0.6) is 5.75 Å². The average molecular weight is 1510 g/mol. The SMILES string of the molecule is CC(C)(C)c1c[nH]c2cnccc12.CC(C)(C)c1ccc2c(N)nccn12.CC(C)(C)c1cccc2c1CCC(=O)C2.CC(C)(C)c1ccn2cnccc12.CC(C)(C)c1ccnc2c1OCCN2.CC(C)(C)c1cnc2ncccn12.CC(C)(C)c1csc2c(N)nccc12.CC(C)(C)c1csc2cnccc12. The first-order valence-electron chi connectivity index (χ1n) is 37.7. The molecule has 0 spiro atoms. The molecule has 16 rings (SSSR count). The molecule has 14 heterocycles. The number of rotatable bonds is 0. The molecule has 0 saturated heterocycles. The third-order valence-electron chi connectivity index (χ3n) is 19.0. The molecular formula is C90H117N15O2S2. The number of imidazole rings is 1. The van der Waals surface area contributed by atoms with Crippen LogP contribution in [0.3, 0.4) is 0 Å². The van der Waals surface area contributed by atoms with Crippen LogP contribution < -0.4 is 21.5 Å². The Labute approximate surface area is 654 Å². The smallest absolute Gasteiger partial charge is 0.233 e. The third kappa shape index (κ3) is 20.9. The third-order valence-corrected chi connectivity index (χ3v) is 20.9. The van der Waals surface area contributed by atoms with E-state index in [2.05, 4.69) is 297 Å². The minimum atomic E-state index is 0.103. The Kier molecular flexibility index (Phi) is 25.6. The second-order valence-electron chi connectivity index (χ2n) is 36.2. The van der Waals surface area contributed by atoms with Crippen LogP contribution in [0.2, 0.25) is 0 Å². The van der Waals surface area contributed by atoms with Crippen LogP contribution in [-0.4, -0.2) is 77.0 Å². The van der Waals surface area contributed by atoms with Crippen molar-refractivity contribution >= 4 is 93.8 Å². The first-order valence-corrected chi connectivity index (χ1v) is 39.4. The van der Waals surface area contributed by atoms with Gasteiger partial charge >= 0.3 is 0 Å². The van der Waals surface area contributed by atoms with Crippen LogP contribution in [0.25, 0.3) is 47.9 Å². The Morgan fingerprint density at radius 3 is 1.74 bits per heavy atom.